The summed E-state index contributed by atoms with van der Waals surface area (Å²) in [5.41, 5.74) is 0. The molecule has 0 radical (unpaired) electrons. The highest BCUT2D eigenvalue weighted by Crippen LogP contribution is 2.26. The molecule has 18 heavy (non-hydrogen) atoms. The molecule has 1 N–H and O–H groups in total. The Labute approximate surface area is 109 Å². The number of aliphatic hydroxyl groups excluding tert-OH is 1. The van der Waals surface area contributed by atoms with Gasteiger partial charge in [-0.25, -0.2) is 9.69 Å². The summed E-state index contributed by atoms with van der Waals surface area (Å²) in [5.74, 6) is -0.519. The molecule has 1 aliphatic heterocycles. The molecule has 1 aliphatic rings. The minimum atomic E-state index is -1.29. The fourth-order valence-corrected chi connectivity index (χ4v) is 2.58. The van der Waals surface area contributed by atoms with Crippen LogP contribution in [0.15, 0.2) is 17.5 Å². The number of amides is 2. The Morgan fingerprint density at radius 2 is 2.33 bits per heavy atom. The second kappa shape index (κ2) is 5.07. The molecule has 2 rings (SSSR count). The minimum Gasteiger partial charge on any atom is -0.447 e. The van der Waals surface area contributed by atoms with Gasteiger partial charge in [-0.1, -0.05) is 19.9 Å². The molecule has 98 valence electrons. The van der Waals surface area contributed by atoms with Crippen molar-refractivity contribution in [1.29, 1.82) is 0 Å². The number of imide groups is 1. The molecule has 2 atom stereocenters. The third kappa shape index (κ3) is 2.26. The number of hydrogen-bond donors (Lipinski definition) is 1. The van der Waals surface area contributed by atoms with Crippen LogP contribution in [-0.4, -0.2) is 34.7 Å². The summed E-state index contributed by atoms with van der Waals surface area (Å²) < 4.78 is 4.89. The van der Waals surface area contributed by atoms with Gasteiger partial charge in [0.2, 0.25) is 0 Å². The van der Waals surface area contributed by atoms with Gasteiger partial charge < -0.3 is 9.84 Å². The Hall–Kier alpha value is -1.40. The molecule has 0 unspecified atom stereocenters. The molecule has 2 heterocycles. The maximum Gasteiger partial charge on any atom is 0.417 e. The van der Waals surface area contributed by atoms with Gasteiger partial charge in [0, 0.05) is 4.88 Å². The summed E-state index contributed by atoms with van der Waals surface area (Å²) in [6.45, 7) is 4.01. The summed E-state index contributed by atoms with van der Waals surface area (Å²) in [5, 5.41) is 11.7. The normalized spacial score (nSPS) is 21.2. The molecule has 5 nitrogen and oxygen atoms in total. The lowest BCUT2D eigenvalue weighted by Gasteiger charge is -2.24. The largest absolute Gasteiger partial charge is 0.447 e. The molecule has 0 spiro atoms. The van der Waals surface area contributed by atoms with Crippen molar-refractivity contribution in [3.63, 3.8) is 0 Å². The van der Waals surface area contributed by atoms with E-state index in [1.54, 1.807) is 17.5 Å². The number of carbonyl (C=O) groups is 2. The van der Waals surface area contributed by atoms with Crippen molar-refractivity contribution < 1.29 is 19.4 Å². The molecule has 0 aliphatic carbocycles. The van der Waals surface area contributed by atoms with Gasteiger partial charge in [-0.2, -0.15) is 0 Å². The number of aliphatic hydroxyl groups is 1. The zero-order valence-electron chi connectivity index (χ0n) is 10.2. The van der Waals surface area contributed by atoms with E-state index in [4.69, 9.17) is 4.74 Å². The Kier molecular flexibility index (Phi) is 3.68. The lowest BCUT2D eigenvalue weighted by molar-refractivity contribution is -0.138. The number of ether oxygens (including phenoxy) is 1. The number of rotatable bonds is 3. The Balaban J connectivity index is 2.19. The van der Waals surface area contributed by atoms with E-state index in [1.807, 2.05) is 13.8 Å². The smallest absolute Gasteiger partial charge is 0.417 e. The zero-order valence-corrected chi connectivity index (χ0v) is 11.0. The predicted octanol–water partition coefficient (Wildman–Crippen LogP) is 1.78. The van der Waals surface area contributed by atoms with Crippen molar-refractivity contribution in [2.24, 2.45) is 5.92 Å². The van der Waals surface area contributed by atoms with Crippen molar-refractivity contribution in [1.82, 2.24) is 4.90 Å². The highest BCUT2D eigenvalue weighted by atomic mass is 32.1. The van der Waals surface area contributed by atoms with Crippen molar-refractivity contribution in [2.75, 3.05) is 6.61 Å². The van der Waals surface area contributed by atoms with Gasteiger partial charge in [0.05, 0.1) is 6.04 Å². The monoisotopic (exact) mass is 269 g/mol. The molecule has 1 aromatic heterocycles. The van der Waals surface area contributed by atoms with Crippen LogP contribution in [0.1, 0.15) is 24.8 Å². The summed E-state index contributed by atoms with van der Waals surface area (Å²) >= 11 is 1.28. The Morgan fingerprint density at radius 3 is 2.89 bits per heavy atom. The first kappa shape index (κ1) is 13.0. The molecule has 0 bridgehead atoms. The van der Waals surface area contributed by atoms with Gasteiger partial charge in [0.15, 0.2) is 6.10 Å². The molecular weight excluding hydrogens is 254 g/mol. The van der Waals surface area contributed by atoms with Crippen LogP contribution in [-0.2, 0) is 9.53 Å². The van der Waals surface area contributed by atoms with Crippen LogP contribution < -0.4 is 0 Å². The predicted molar refractivity (Wildman–Crippen MR) is 66.1 cm³/mol. The number of cyclic esters (lactones) is 1. The maximum absolute atomic E-state index is 12.2. The van der Waals surface area contributed by atoms with Crippen LogP contribution in [0.2, 0.25) is 0 Å². The zero-order chi connectivity index (χ0) is 13.3. The van der Waals surface area contributed by atoms with Gasteiger partial charge in [-0.3, -0.25) is 4.79 Å². The van der Waals surface area contributed by atoms with Crippen molar-refractivity contribution >= 4 is 23.3 Å². The highest BCUT2D eigenvalue weighted by molar-refractivity contribution is 7.10. The molecule has 1 saturated heterocycles. The van der Waals surface area contributed by atoms with Crippen LogP contribution in [0.4, 0.5) is 4.79 Å². The van der Waals surface area contributed by atoms with Gasteiger partial charge >= 0.3 is 6.09 Å². The van der Waals surface area contributed by atoms with E-state index in [2.05, 4.69) is 0 Å². The first-order valence-corrected chi connectivity index (χ1v) is 6.61. The Bertz CT molecular complexity index is 443. The first-order chi connectivity index (χ1) is 8.52. The average Bonchev–Trinajstić information content (AvgIpc) is 2.95. The van der Waals surface area contributed by atoms with Crippen LogP contribution in [0, 0.1) is 5.92 Å². The van der Waals surface area contributed by atoms with E-state index in [0.29, 0.717) is 4.88 Å². The van der Waals surface area contributed by atoms with Gasteiger partial charge in [0.1, 0.15) is 6.61 Å². The molecule has 6 heteroatoms. The fraction of sp³-hybridized carbons (Fsp3) is 0.500. The average molecular weight is 269 g/mol. The van der Waals surface area contributed by atoms with Crippen molar-refractivity contribution in [3.8, 4) is 0 Å². The van der Waals surface area contributed by atoms with Gasteiger partial charge in [-0.05, 0) is 17.4 Å². The van der Waals surface area contributed by atoms with Gasteiger partial charge in [0.25, 0.3) is 5.91 Å². The number of nitrogens with zero attached hydrogens (tertiary/aromatic N) is 1. The number of hydrogen-bond acceptors (Lipinski definition) is 5. The summed E-state index contributed by atoms with van der Waals surface area (Å²) in [6.07, 6.45) is -1.97. The molecule has 1 fully saturated rings. The number of carbonyl (C=O) groups excluding carboxylic acids is 2. The van der Waals surface area contributed by atoms with E-state index >= 15 is 0 Å². The van der Waals surface area contributed by atoms with Gasteiger partial charge in [-0.15, -0.1) is 11.3 Å². The molecule has 1 aromatic rings. The summed E-state index contributed by atoms with van der Waals surface area (Å²) in [7, 11) is 0. The van der Waals surface area contributed by atoms with Crippen LogP contribution >= 0.6 is 11.3 Å². The van der Waals surface area contributed by atoms with Crippen LogP contribution in [0.25, 0.3) is 0 Å². The molecule has 2 amide bonds. The Morgan fingerprint density at radius 1 is 1.61 bits per heavy atom. The standard InChI is InChI=1S/C12H15NO4S/c1-7(2)8-6-17-12(16)13(8)11(15)10(14)9-4-3-5-18-9/h3-5,7-8,10,14H,6H2,1-2H3/t8-,10-/m1/s1. The lowest BCUT2D eigenvalue weighted by atomic mass is 10.0. The summed E-state index contributed by atoms with van der Waals surface area (Å²) in [6, 6.07) is 3.11. The minimum absolute atomic E-state index is 0.0935. The van der Waals surface area contributed by atoms with E-state index in [9.17, 15) is 14.7 Å². The molecule has 0 saturated carbocycles. The highest BCUT2D eigenvalue weighted by Gasteiger charge is 2.42. The van der Waals surface area contributed by atoms with Crippen molar-refractivity contribution in [3.05, 3.63) is 22.4 Å². The molecule has 0 aromatic carbocycles. The van der Waals surface area contributed by atoms with E-state index in [0.717, 1.165) is 4.90 Å². The van der Waals surface area contributed by atoms with Crippen molar-refractivity contribution in [2.45, 2.75) is 26.0 Å². The summed E-state index contributed by atoms with van der Waals surface area (Å²) in [4.78, 5) is 25.3. The third-order valence-corrected chi connectivity index (χ3v) is 3.88. The van der Waals surface area contributed by atoms with E-state index in [1.165, 1.54) is 11.3 Å². The maximum atomic E-state index is 12.2. The topological polar surface area (TPSA) is 66.8 Å². The fourth-order valence-electron chi connectivity index (χ4n) is 1.88. The van der Waals surface area contributed by atoms with Crippen LogP contribution in [0.5, 0.6) is 0 Å². The van der Waals surface area contributed by atoms with E-state index in [-0.39, 0.29) is 18.6 Å². The molecular formula is C12H15NO4S. The number of thiophene rings is 1. The first-order valence-electron chi connectivity index (χ1n) is 5.73. The van der Waals surface area contributed by atoms with E-state index < -0.39 is 18.1 Å². The lowest BCUT2D eigenvalue weighted by Crippen LogP contribution is -2.44. The van der Waals surface area contributed by atoms with Crippen LogP contribution in [0.3, 0.4) is 0 Å². The second-order valence-corrected chi connectivity index (χ2v) is 5.49. The second-order valence-electron chi connectivity index (χ2n) is 4.51. The quantitative estimate of drug-likeness (QED) is 0.908. The SMILES string of the molecule is CC(C)[C@H]1COC(=O)N1C(=O)[C@H](O)c1cccs1. The third-order valence-electron chi connectivity index (χ3n) is 2.96.